The normalized spacial score (nSPS) is 15.9. The van der Waals surface area contributed by atoms with Crippen molar-refractivity contribution in [3.63, 3.8) is 0 Å². The minimum absolute atomic E-state index is 0.131. The number of benzene rings is 1. The summed E-state index contributed by atoms with van der Waals surface area (Å²) in [6, 6.07) is 5.97. The minimum atomic E-state index is -0.457. The third-order valence-electron chi connectivity index (χ3n) is 4.05. The number of piperazine rings is 1. The van der Waals surface area contributed by atoms with Gasteiger partial charge in [-0.1, -0.05) is 6.07 Å². The molecule has 0 saturated carbocycles. The van der Waals surface area contributed by atoms with Crippen LogP contribution in [0.3, 0.4) is 0 Å². The van der Waals surface area contributed by atoms with Crippen molar-refractivity contribution in [1.29, 1.82) is 0 Å². The van der Waals surface area contributed by atoms with Crippen LogP contribution in [-0.2, 0) is 11.3 Å². The van der Waals surface area contributed by atoms with Gasteiger partial charge in [0.25, 0.3) is 0 Å². The average Bonchev–Trinajstić information content (AvgIpc) is 2.54. The largest absolute Gasteiger partial charge is 0.496 e. The Morgan fingerprint density at radius 2 is 1.81 bits per heavy atom. The van der Waals surface area contributed by atoms with E-state index in [-0.39, 0.29) is 12.2 Å². The first-order valence-electron chi connectivity index (χ1n) is 9.22. The third kappa shape index (κ3) is 6.09. The molecule has 1 aliphatic rings. The highest BCUT2D eigenvalue weighted by Crippen LogP contribution is 2.27. The number of carbonyl (C=O) groups is 1. The molecule has 0 unspecified atom stereocenters. The molecule has 1 fully saturated rings. The number of amides is 1. The van der Waals surface area contributed by atoms with Crippen LogP contribution >= 0.6 is 0 Å². The summed E-state index contributed by atoms with van der Waals surface area (Å²) >= 11 is 0. The first kappa shape index (κ1) is 20.4. The van der Waals surface area contributed by atoms with E-state index in [1.165, 1.54) is 0 Å². The van der Waals surface area contributed by atoms with Gasteiger partial charge in [-0.25, -0.2) is 4.79 Å². The van der Waals surface area contributed by atoms with Crippen LogP contribution in [0.1, 0.15) is 40.2 Å². The van der Waals surface area contributed by atoms with Gasteiger partial charge < -0.3 is 19.1 Å². The Bertz CT molecular complexity index is 602. The number of ether oxygens (including phenoxy) is 3. The second kappa shape index (κ2) is 8.62. The molecule has 1 aromatic rings. The lowest BCUT2D eigenvalue weighted by Gasteiger charge is -2.35. The SMILES string of the molecule is COc1cc(OC(C)C)ccc1CN1CCN(C(=O)OC(C)(C)C)CC1. The standard InChI is InChI=1S/C20H32N2O4/c1-15(2)25-17-8-7-16(18(13-17)24-6)14-21-9-11-22(12-10-21)19(23)26-20(3,4)5/h7-8,13,15H,9-12,14H2,1-6H3. The van der Waals surface area contributed by atoms with Gasteiger partial charge in [0, 0.05) is 44.4 Å². The van der Waals surface area contributed by atoms with Crippen LogP contribution in [0.2, 0.25) is 0 Å². The van der Waals surface area contributed by atoms with Gasteiger partial charge in [-0.2, -0.15) is 0 Å². The molecule has 0 N–H and O–H groups in total. The molecule has 0 spiro atoms. The van der Waals surface area contributed by atoms with Crippen molar-refractivity contribution in [2.75, 3.05) is 33.3 Å². The van der Waals surface area contributed by atoms with Crippen molar-refractivity contribution in [3.05, 3.63) is 23.8 Å². The molecule has 1 aliphatic heterocycles. The van der Waals surface area contributed by atoms with Gasteiger partial charge in [-0.05, 0) is 40.7 Å². The van der Waals surface area contributed by atoms with Crippen molar-refractivity contribution < 1.29 is 19.0 Å². The van der Waals surface area contributed by atoms with E-state index in [0.29, 0.717) is 13.1 Å². The molecule has 26 heavy (non-hydrogen) atoms. The summed E-state index contributed by atoms with van der Waals surface area (Å²) in [5, 5.41) is 0. The van der Waals surface area contributed by atoms with E-state index in [1.54, 1.807) is 12.0 Å². The molecule has 146 valence electrons. The van der Waals surface area contributed by atoms with Crippen LogP contribution in [0.25, 0.3) is 0 Å². The zero-order valence-corrected chi connectivity index (χ0v) is 16.9. The van der Waals surface area contributed by atoms with E-state index in [4.69, 9.17) is 14.2 Å². The highest BCUT2D eigenvalue weighted by molar-refractivity contribution is 5.68. The molecule has 0 aliphatic carbocycles. The van der Waals surface area contributed by atoms with Crippen molar-refractivity contribution in [2.24, 2.45) is 0 Å². The van der Waals surface area contributed by atoms with E-state index in [0.717, 1.165) is 36.7 Å². The molecule has 1 saturated heterocycles. The lowest BCUT2D eigenvalue weighted by Crippen LogP contribution is -2.49. The fourth-order valence-electron chi connectivity index (χ4n) is 2.86. The van der Waals surface area contributed by atoms with Gasteiger partial charge in [0.2, 0.25) is 0 Å². The fraction of sp³-hybridized carbons (Fsp3) is 0.650. The van der Waals surface area contributed by atoms with Crippen molar-refractivity contribution in [1.82, 2.24) is 9.80 Å². The first-order chi connectivity index (χ1) is 12.2. The molecular weight excluding hydrogens is 332 g/mol. The summed E-state index contributed by atoms with van der Waals surface area (Å²) in [4.78, 5) is 16.3. The van der Waals surface area contributed by atoms with Crippen molar-refractivity contribution in [3.8, 4) is 11.5 Å². The minimum Gasteiger partial charge on any atom is -0.496 e. The maximum Gasteiger partial charge on any atom is 0.410 e. The molecule has 6 nitrogen and oxygen atoms in total. The van der Waals surface area contributed by atoms with E-state index >= 15 is 0 Å². The molecule has 0 atom stereocenters. The Kier molecular flexibility index (Phi) is 6.75. The summed E-state index contributed by atoms with van der Waals surface area (Å²) in [6.45, 7) is 13.4. The molecule has 0 aromatic heterocycles. The van der Waals surface area contributed by atoms with Gasteiger partial charge in [0.05, 0.1) is 13.2 Å². The summed E-state index contributed by atoms with van der Waals surface area (Å²) in [6.07, 6.45) is -0.101. The van der Waals surface area contributed by atoms with Gasteiger partial charge >= 0.3 is 6.09 Å². The number of rotatable bonds is 5. The van der Waals surface area contributed by atoms with Crippen LogP contribution in [0, 0.1) is 0 Å². The van der Waals surface area contributed by atoms with Gasteiger partial charge in [0.1, 0.15) is 17.1 Å². The molecule has 6 heteroatoms. The Morgan fingerprint density at radius 3 is 2.35 bits per heavy atom. The second-order valence-corrected chi connectivity index (χ2v) is 7.88. The number of methoxy groups -OCH3 is 1. The van der Waals surface area contributed by atoms with Crippen LogP contribution in [0.4, 0.5) is 4.79 Å². The van der Waals surface area contributed by atoms with Crippen molar-refractivity contribution >= 4 is 6.09 Å². The molecule has 1 aromatic carbocycles. The van der Waals surface area contributed by atoms with Gasteiger partial charge in [-0.15, -0.1) is 0 Å². The quantitative estimate of drug-likeness (QED) is 0.800. The molecule has 1 amide bonds. The Morgan fingerprint density at radius 1 is 1.15 bits per heavy atom. The Hall–Kier alpha value is -1.95. The summed E-state index contributed by atoms with van der Waals surface area (Å²) in [5.41, 5.74) is 0.663. The van der Waals surface area contributed by atoms with Crippen molar-refractivity contribution in [2.45, 2.75) is 52.9 Å². The number of hydrogen-bond acceptors (Lipinski definition) is 5. The van der Waals surface area contributed by atoms with E-state index in [2.05, 4.69) is 11.0 Å². The Labute approximate surface area is 157 Å². The number of nitrogens with zero attached hydrogens (tertiary/aromatic N) is 2. The zero-order valence-electron chi connectivity index (χ0n) is 16.9. The molecule has 2 rings (SSSR count). The van der Waals surface area contributed by atoms with Crippen LogP contribution in [0.15, 0.2) is 18.2 Å². The number of carbonyl (C=O) groups excluding carboxylic acids is 1. The Balaban J connectivity index is 1.92. The molecule has 0 radical (unpaired) electrons. The molecule has 1 heterocycles. The van der Waals surface area contributed by atoms with Crippen LogP contribution in [0.5, 0.6) is 11.5 Å². The second-order valence-electron chi connectivity index (χ2n) is 7.88. The predicted molar refractivity (Wildman–Crippen MR) is 102 cm³/mol. The lowest BCUT2D eigenvalue weighted by molar-refractivity contribution is 0.0138. The van der Waals surface area contributed by atoms with Gasteiger partial charge in [-0.3, -0.25) is 4.90 Å². The summed E-state index contributed by atoms with van der Waals surface area (Å²) < 4.78 is 16.7. The van der Waals surface area contributed by atoms with Crippen LogP contribution in [-0.4, -0.2) is 60.9 Å². The maximum atomic E-state index is 12.2. The smallest absolute Gasteiger partial charge is 0.410 e. The highest BCUT2D eigenvalue weighted by atomic mass is 16.6. The summed E-state index contributed by atoms with van der Waals surface area (Å²) in [7, 11) is 1.68. The topological polar surface area (TPSA) is 51.2 Å². The molecular formula is C20H32N2O4. The number of hydrogen-bond donors (Lipinski definition) is 0. The maximum absolute atomic E-state index is 12.2. The highest BCUT2D eigenvalue weighted by Gasteiger charge is 2.26. The average molecular weight is 364 g/mol. The predicted octanol–water partition coefficient (Wildman–Crippen LogP) is 3.54. The van der Waals surface area contributed by atoms with Gasteiger partial charge in [0.15, 0.2) is 0 Å². The third-order valence-corrected chi connectivity index (χ3v) is 4.05. The van der Waals surface area contributed by atoms with Crippen LogP contribution < -0.4 is 9.47 Å². The summed E-state index contributed by atoms with van der Waals surface area (Å²) in [5.74, 6) is 1.65. The monoisotopic (exact) mass is 364 g/mol. The first-order valence-corrected chi connectivity index (χ1v) is 9.22. The fourth-order valence-corrected chi connectivity index (χ4v) is 2.86. The van der Waals surface area contributed by atoms with E-state index in [1.807, 2.05) is 46.8 Å². The zero-order chi connectivity index (χ0) is 19.3. The van der Waals surface area contributed by atoms with E-state index in [9.17, 15) is 4.79 Å². The van der Waals surface area contributed by atoms with E-state index < -0.39 is 5.60 Å². The molecule has 0 bridgehead atoms. The lowest BCUT2D eigenvalue weighted by atomic mass is 10.1.